The number of non-ortho nitro benzene ring substituents is 1. The maximum atomic E-state index is 10.7. The molecule has 1 aliphatic rings. The average Bonchev–Trinajstić information content (AvgIpc) is 2.67. The topological polar surface area (TPSA) is 83.2 Å². The lowest BCUT2D eigenvalue weighted by Crippen LogP contribution is -2.13. The SMILES string of the molecule is COc1cc2c(cc1OC)/C(=N\OCc1ccc([N+](=O)[O-])cc1)CCC2. The molecule has 0 saturated carbocycles. The van der Waals surface area contributed by atoms with Gasteiger partial charge in [0, 0.05) is 17.7 Å². The van der Waals surface area contributed by atoms with Crippen LogP contribution in [0.3, 0.4) is 0 Å². The van der Waals surface area contributed by atoms with Crippen LogP contribution in [0.4, 0.5) is 5.69 Å². The van der Waals surface area contributed by atoms with E-state index >= 15 is 0 Å². The number of oxime groups is 1. The molecule has 0 unspecified atom stereocenters. The quantitative estimate of drug-likeness (QED) is 0.579. The third-order valence-electron chi connectivity index (χ3n) is 4.33. The van der Waals surface area contributed by atoms with Crippen molar-refractivity contribution in [3.63, 3.8) is 0 Å². The second-order valence-corrected chi connectivity index (χ2v) is 5.95. The van der Waals surface area contributed by atoms with E-state index < -0.39 is 4.92 Å². The van der Waals surface area contributed by atoms with Gasteiger partial charge in [0.2, 0.25) is 0 Å². The number of nitrogens with zero attached hydrogens (tertiary/aromatic N) is 2. The molecule has 0 bridgehead atoms. The van der Waals surface area contributed by atoms with E-state index in [0.717, 1.165) is 41.7 Å². The molecule has 0 fully saturated rings. The van der Waals surface area contributed by atoms with Crippen molar-refractivity contribution >= 4 is 11.4 Å². The van der Waals surface area contributed by atoms with E-state index in [4.69, 9.17) is 14.3 Å². The minimum absolute atomic E-state index is 0.0577. The molecule has 7 heteroatoms. The van der Waals surface area contributed by atoms with Crippen molar-refractivity contribution in [3.8, 4) is 11.5 Å². The average molecular weight is 356 g/mol. The standard InChI is InChI=1S/C19H20N2O5/c1-24-18-10-14-4-3-5-17(16(14)11-19(18)25-2)20-26-12-13-6-8-15(9-7-13)21(22)23/h6-11H,3-5,12H2,1-2H3/b20-17-. The number of aryl methyl sites for hydroxylation is 1. The number of rotatable bonds is 6. The molecular formula is C19H20N2O5. The Labute approximate surface area is 151 Å². The van der Waals surface area contributed by atoms with Gasteiger partial charge in [-0.2, -0.15) is 0 Å². The van der Waals surface area contributed by atoms with Gasteiger partial charge in [0.25, 0.3) is 5.69 Å². The van der Waals surface area contributed by atoms with Gasteiger partial charge in [0.05, 0.1) is 24.9 Å². The third kappa shape index (κ3) is 3.77. The van der Waals surface area contributed by atoms with Crippen LogP contribution >= 0.6 is 0 Å². The highest BCUT2D eigenvalue weighted by Gasteiger charge is 2.20. The fraction of sp³-hybridized carbons (Fsp3) is 0.316. The first kappa shape index (κ1) is 17.7. The summed E-state index contributed by atoms with van der Waals surface area (Å²) in [7, 11) is 3.23. The summed E-state index contributed by atoms with van der Waals surface area (Å²) in [6, 6.07) is 10.2. The van der Waals surface area contributed by atoms with E-state index in [0.29, 0.717) is 11.5 Å². The van der Waals surface area contributed by atoms with Gasteiger partial charge in [-0.05, 0) is 54.7 Å². The van der Waals surface area contributed by atoms with Crippen LogP contribution in [0.1, 0.15) is 29.5 Å². The van der Waals surface area contributed by atoms with Gasteiger partial charge < -0.3 is 14.3 Å². The van der Waals surface area contributed by atoms with Gasteiger partial charge in [0.1, 0.15) is 6.61 Å². The normalized spacial score (nSPS) is 14.6. The summed E-state index contributed by atoms with van der Waals surface area (Å²) in [4.78, 5) is 15.7. The van der Waals surface area contributed by atoms with Crippen LogP contribution < -0.4 is 9.47 Å². The van der Waals surface area contributed by atoms with Crippen LogP contribution in [-0.4, -0.2) is 24.9 Å². The number of hydrogen-bond acceptors (Lipinski definition) is 6. The Morgan fingerprint density at radius 2 is 1.77 bits per heavy atom. The Bertz CT molecular complexity index is 831. The third-order valence-corrected chi connectivity index (χ3v) is 4.33. The summed E-state index contributed by atoms with van der Waals surface area (Å²) in [6.45, 7) is 0.254. The Morgan fingerprint density at radius 1 is 1.08 bits per heavy atom. The molecule has 0 amide bonds. The first-order valence-electron chi connectivity index (χ1n) is 8.30. The monoisotopic (exact) mass is 356 g/mol. The molecule has 2 aromatic carbocycles. The van der Waals surface area contributed by atoms with Crippen LogP contribution in [0.2, 0.25) is 0 Å². The highest BCUT2D eigenvalue weighted by atomic mass is 16.6. The molecule has 0 spiro atoms. The van der Waals surface area contributed by atoms with E-state index in [2.05, 4.69) is 5.16 Å². The van der Waals surface area contributed by atoms with Crippen LogP contribution in [0, 0.1) is 10.1 Å². The molecule has 26 heavy (non-hydrogen) atoms. The fourth-order valence-electron chi connectivity index (χ4n) is 2.97. The molecule has 3 rings (SSSR count). The molecule has 1 aliphatic carbocycles. The zero-order valence-electron chi connectivity index (χ0n) is 14.7. The highest BCUT2D eigenvalue weighted by Crippen LogP contribution is 2.34. The predicted molar refractivity (Wildman–Crippen MR) is 96.9 cm³/mol. The smallest absolute Gasteiger partial charge is 0.269 e. The minimum Gasteiger partial charge on any atom is -0.493 e. The van der Waals surface area contributed by atoms with Gasteiger partial charge in [-0.25, -0.2) is 0 Å². The maximum absolute atomic E-state index is 10.7. The summed E-state index contributed by atoms with van der Waals surface area (Å²) in [5, 5.41) is 15.0. The zero-order valence-corrected chi connectivity index (χ0v) is 14.7. The van der Waals surface area contributed by atoms with Crippen molar-refractivity contribution in [1.29, 1.82) is 0 Å². The number of hydrogen-bond donors (Lipinski definition) is 0. The molecule has 0 heterocycles. The molecule has 0 saturated heterocycles. The minimum atomic E-state index is -0.425. The number of ether oxygens (including phenoxy) is 2. The summed E-state index contributed by atoms with van der Waals surface area (Å²) in [5.74, 6) is 1.37. The predicted octanol–water partition coefficient (Wildman–Crippen LogP) is 3.87. The maximum Gasteiger partial charge on any atom is 0.269 e. The Hall–Kier alpha value is -3.09. The molecular weight excluding hydrogens is 336 g/mol. The van der Waals surface area contributed by atoms with E-state index in [9.17, 15) is 10.1 Å². The van der Waals surface area contributed by atoms with Crippen LogP contribution in [0.5, 0.6) is 11.5 Å². The van der Waals surface area contributed by atoms with E-state index in [-0.39, 0.29) is 12.3 Å². The second-order valence-electron chi connectivity index (χ2n) is 5.95. The van der Waals surface area contributed by atoms with Crippen molar-refractivity contribution in [2.75, 3.05) is 14.2 Å². The Kier molecular flexibility index (Phi) is 5.36. The lowest BCUT2D eigenvalue weighted by Gasteiger charge is -2.20. The molecule has 2 aromatic rings. The van der Waals surface area contributed by atoms with Gasteiger partial charge in [-0.1, -0.05) is 5.16 Å². The molecule has 0 N–H and O–H groups in total. The van der Waals surface area contributed by atoms with Crippen LogP contribution in [0.15, 0.2) is 41.6 Å². The summed E-state index contributed by atoms with van der Waals surface area (Å²) >= 11 is 0. The molecule has 0 radical (unpaired) electrons. The summed E-state index contributed by atoms with van der Waals surface area (Å²) in [6.07, 6.45) is 2.77. The van der Waals surface area contributed by atoms with E-state index in [1.165, 1.54) is 12.1 Å². The fourth-order valence-corrected chi connectivity index (χ4v) is 2.97. The van der Waals surface area contributed by atoms with Crippen LogP contribution in [-0.2, 0) is 17.9 Å². The zero-order chi connectivity index (χ0) is 18.5. The largest absolute Gasteiger partial charge is 0.493 e. The van der Waals surface area contributed by atoms with Crippen molar-refractivity contribution in [1.82, 2.24) is 0 Å². The molecule has 0 aromatic heterocycles. The lowest BCUT2D eigenvalue weighted by atomic mass is 9.89. The highest BCUT2D eigenvalue weighted by molar-refractivity contribution is 6.03. The van der Waals surface area contributed by atoms with Gasteiger partial charge in [-0.15, -0.1) is 0 Å². The van der Waals surface area contributed by atoms with Gasteiger partial charge >= 0.3 is 0 Å². The summed E-state index contributed by atoms with van der Waals surface area (Å²) in [5.41, 5.74) is 3.92. The molecule has 0 atom stereocenters. The summed E-state index contributed by atoms with van der Waals surface area (Å²) < 4.78 is 10.7. The lowest BCUT2D eigenvalue weighted by molar-refractivity contribution is -0.384. The Balaban J connectivity index is 1.75. The second kappa shape index (κ2) is 7.86. The first-order chi connectivity index (χ1) is 12.6. The molecule has 0 aliphatic heterocycles. The number of fused-ring (bicyclic) bond motifs is 1. The van der Waals surface area contributed by atoms with Crippen molar-refractivity contribution in [2.45, 2.75) is 25.9 Å². The van der Waals surface area contributed by atoms with Crippen molar-refractivity contribution in [2.24, 2.45) is 5.16 Å². The first-order valence-corrected chi connectivity index (χ1v) is 8.30. The van der Waals surface area contributed by atoms with E-state index in [1.54, 1.807) is 26.4 Å². The van der Waals surface area contributed by atoms with Crippen LogP contribution in [0.25, 0.3) is 0 Å². The molecule has 136 valence electrons. The van der Waals surface area contributed by atoms with Gasteiger partial charge in [0.15, 0.2) is 11.5 Å². The number of benzene rings is 2. The number of nitro benzene ring substituents is 1. The number of methoxy groups -OCH3 is 2. The number of nitro groups is 1. The van der Waals surface area contributed by atoms with Gasteiger partial charge in [-0.3, -0.25) is 10.1 Å². The Morgan fingerprint density at radius 3 is 2.42 bits per heavy atom. The molecule has 7 nitrogen and oxygen atoms in total. The van der Waals surface area contributed by atoms with E-state index in [1.807, 2.05) is 12.1 Å². The van der Waals surface area contributed by atoms with Crippen molar-refractivity contribution < 1.29 is 19.2 Å². The van der Waals surface area contributed by atoms with Crippen molar-refractivity contribution in [3.05, 3.63) is 63.2 Å².